The van der Waals surface area contributed by atoms with Crippen molar-refractivity contribution >= 4 is 21.4 Å². The summed E-state index contributed by atoms with van der Waals surface area (Å²) in [5, 5.41) is 0. The number of hydrogen-bond donors (Lipinski definition) is 1. The van der Waals surface area contributed by atoms with Gasteiger partial charge in [-0.3, -0.25) is 0 Å². The van der Waals surface area contributed by atoms with Gasteiger partial charge in [0.05, 0.1) is 16.3 Å². The largest absolute Gasteiger partial charge is 0.397 e. The molecular formula is C15H25N3O2S. The molecule has 1 aromatic rings. The minimum Gasteiger partial charge on any atom is -0.397 e. The monoisotopic (exact) mass is 311 g/mol. The van der Waals surface area contributed by atoms with E-state index in [0.29, 0.717) is 16.5 Å². The van der Waals surface area contributed by atoms with Crippen LogP contribution < -0.4 is 10.6 Å². The highest BCUT2D eigenvalue weighted by Crippen LogP contribution is 2.31. The van der Waals surface area contributed by atoms with Gasteiger partial charge in [-0.1, -0.05) is 13.3 Å². The molecule has 2 N–H and O–H groups in total. The van der Waals surface area contributed by atoms with E-state index in [2.05, 4.69) is 11.8 Å². The lowest BCUT2D eigenvalue weighted by Gasteiger charge is -2.35. The van der Waals surface area contributed by atoms with Crippen LogP contribution in [0.1, 0.15) is 26.2 Å². The van der Waals surface area contributed by atoms with E-state index in [-0.39, 0.29) is 0 Å². The van der Waals surface area contributed by atoms with Gasteiger partial charge in [0.2, 0.25) is 10.0 Å². The minimum atomic E-state index is -3.42. The highest BCUT2D eigenvalue weighted by molar-refractivity contribution is 7.89. The zero-order valence-electron chi connectivity index (χ0n) is 13.0. The molecule has 1 saturated heterocycles. The second-order valence-electron chi connectivity index (χ2n) is 5.87. The number of nitrogens with two attached hydrogens (primary N) is 1. The van der Waals surface area contributed by atoms with Gasteiger partial charge in [0, 0.05) is 27.2 Å². The molecule has 1 aromatic carbocycles. The predicted molar refractivity (Wildman–Crippen MR) is 87.0 cm³/mol. The molecule has 0 aliphatic carbocycles. The van der Waals surface area contributed by atoms with Crippen LogP contribution in [-0.4, -0.2) is 39.9 Å². The lowest BCUT2D eigenvalue weighted by atomic mass is 9.95. The molecule has 0 spiro atoms. The molecule has 1 atom stereocenters. The van der Waals surface area contributed by atoms with Crippen LogP contribution >= 0.6 is 0 Å². The Hall–Kier alpha value is -1.27. The van der Waals surface area contributed by atoms with E-state index in [1.54, 1.807) is 32.3 Å². The van der Waals surface area contributed by atoms with E-state index in [9.17, 15) is 8.42 Å². The van der Waals surface area contributed by atoms with Gasteiger partial charge in [0.15, 0.2) is 0 Å². The quantitative estimate of drug-likeness (QED) is 0.865. The molecule has 0 saturated carbocycles. The molecule has 0 aromatic heterocycles. The maximum Gasteiger partial charge on any atom is 0.242 e. The third-order valence-electron chi connectivity index (χ3n) is 4.22. The summed E-state index contributed by atoms with van der Waals surface area (Å²) >= 11 is 0. The second-order valence-corrected chi connectivity index (χ2v) is 8.02. The first-order valence-corrected chi connectivity index (χ1v) is 8.87. The Morgan fingerprint density at radius 1 is 1.38 bits per heavy atom. The summed E-state index contributed by atoms with van der Waals surface area (Å²) in [6.45, 7) is 4.09. The van der Waals surface area contributed by atoms with E-state index in [4.69, 9.17) is 5.73 Å². The van der Waals surface area contributed by atoms with Gasteiger partial charge in [0.1, 0.15) is 0 Å². The molecule has 21 heavy (non-hydrogen) atoms. The summed E-state index contributed by atoms with van der Waals surface area (Å²) in [7, 11) is -0.341. The van der Waals surface area contributed by atoms with Gasteiger partial charge in [-0.15, -0.1) is 0 Å². The number of hydrogen-bond acceptors (Lipinski definition) is 4. The van der Waals surface area contributed by atoms with E-state index < -0.39 is 10.0 Å². The summed E-state index contributed by atoms with van der Waals surface area (Å²) in [5.74, 6) is 0.660. The van der Waals surface area contributed by atoms with E-state index >= 15 is 0 Å². The Morgan fingerprint density at radius 3 is 2.71 bits per heavy atom. The van der Waals surface area contributed by atoms with Crippen LogP contribution in [0.25, 0.3) is 0 Å². The average Bonchev–Trinajstić information content (AvgIpc) is 2.47. The van der Waals surface area contributed by atoms with Crippen LogP contribution in [0.15, 0.2) is 23.1 Å². The standard InChI is InChI=1S/C15H25N3O2S/c1-4-12-6-5-9-18(11-12)15-10-13(7-8-14(15)16)21(19,20)17(2)3/h7-8,10,12H,4-6,9,11,16H2,1-3H3. The van der Waals surface area contributed by atoms with Gasteiger partial charge < -0.3 is 10.6 Å². The van der Waals surface area contributed by atoms with Gasteiger partial charge in [-0.2, -0.15) is 0 Å². The molecule has 1 aliphatic heterocycles. The Kier molecular flexibility index (Phi) is 4.78. The van der Waals surface area contributed by atoms with Crippen LogP contribution in [0.3, 0.4) is 0 Å². The van der Waals surface area contributed by atoms with E-state index in [1.807, 2.05) is 0 Å². The average molecular weight is 311 g/mol. The lowest BCUT2D eigenvalue weighted by Crippen LogP contribution is -2.35. The Bertz CT molecular complexity index is 599. The number of nitrogens with zero attached hydrogens (tertiary/aromatic N) is 2. The van der Waals surface area contributed by atoms with Crippen LogP contribution in [0.5, 0.6) is 0 Å². The number of benzene rings is 1. The van der Waals surface area contributed by atoms with Crippen molar-refractivity contribution in [2.75, 3.05) is 37.8 Å². The van der Waals surface area contributed by atoms with E-state index in [1.165, 1.54) is 10.7 Å². The maximum absolute atomic E-state index is 12.3. The van der Waals surface area contributed by atoms with Crippen LogP contribution in [-0.2, 0) is 10.0 Å². The summed E-state index contributed by atoms with van der Waals surface area (Å²) in [6.07, 6.45) is 3.51. The molecule has 2 rings (SSSR count). The Morgan fingerprint density at radius 2 is 2.10 bits per heavy atom. The molecule has 1 unspecified atom stereocenters. The molecule has 5 nitrogen and oxygen atoms in total. The van der Waals surface area contributed by atoms with Crippen molar-refractivity contribution in [2.45, 2.75) is 31.1 Å². The zero-order chi connectivity index (χ0) is 15.6. The maximum atomic E-state index is 12.3. The zero-order valence-corrected chi connectivity index (χ0v) is 13.9. The molecule has 0 radical (unpaired) electrons. The summed E-state index contributed by atoms with van der Waals surface area (Å²) < 4.78 is 25.8. The predicted octanol–water partition coefficient (Wildman–Crippen LogP) is 2.15. The SMILES string of the molecule is CCC1CCCN(c2cc(S(=O)(=O)N(C)C)ccc2N)C1. The smallest absolute Gasteiger partial charge is 0.242 e. The molecule has 6 heteroatoms. The van der Waals surface area contributed by atoms with Crippen molar-refractivity contribution in [1.82, 2.24) is 4.31 Å². The minimum absolute atomic E-state index is 0.301. The van der Waals surface area contributed by atoms with Crippen molar-refractivity contribution in [3.05, 3.63) is 18.2 Å². The fourth-order valence-electron chi connectivity index (χ4n) is 2.79. The molecule has 118 valence electrons. The second kappa shape index (κ2) is 6.23. The summed E-state index contributed by atoms with van der Waals surface area (Å²) in [6, 6.07) is 4.99. The number of anilines is 2. The molecule has 1 aliphatic rings. The first-order chi connectivity index (χ1) is 9.86. The fraction of sp³-hybridized carbons (Fsp3) is 0.600. The van der Waals surface area contributed by atoms with Gasteiger partial charge >= 0.3 is 0 Å². The number of nitrogen functional groups attached to an aromatic ring is 1. The molecule has 0 amide bonds. The number of piperidine rings is 1. The topological polar surface area (TPSA) is 66.6 Å². The van der Waals surface area contributed by atoms with Crippen molar-refractivity contribution in [3.63, 3.8) is 0 Å². The van der Waals surface area contributed by atoms with Crippen LogP contribution in [0.2, 0.25) is 0 Å². The number of rotatable bonds is 4. The van der Waals surface area contributed by atoms with Crippen molar-refractivity contribution in [3.8, 4) is 0 Å². The van der Waals surface area contributed by atoms with Crippen LogP contribution in [0.4, 0.5) is 11.4 Å². The molecule has 0 bridgehead atoms. The first-order valence-electron chi connectivity index (χ1n) is 7.43. The lowest BCUT2D eigenvalue weighted by molar-refractivity contribution is 0.405. The third kappa shape index (κ3) is 3.32. The normalized spacial score (nSPS) is 20.0. The van der Waals surface area contributed by atoms with Crippen molar-refractivity contribution in [2.24, 2.45) is 5.92 Å². The van der Waals surface area contributed by atoms with Gasteiger partial charge in [0.25, 0.3) is 0 Å². The van der Waals surface area contributed by atoms with Crippen LogP contribution in [0, 0.1) is 5.92 Å². The number of sulfonamides is 1. The Balaban J connectivity index is 2.36. The highest BCUT2D eigenvalue weighted by Gasteiger charge is 2.23. The van der Waals surface area contributed by atoms with Gasteiger partial charge in [-0.05, 0) is 37.0 Å². The van der Waals surface area contributed by atoms with Gasteiger partial charge in [-0.25, -0.2) is 12.7 Å². The fourth-order valence-corrected chi connectivity index (χ4v) is 3.71. The molecule has 1 fully saturated rings. The molecular weight excluding hydrogens is 286 g/mol. The summed E-state index contributed by atoms with van der Waals surface area (Å²) in [5.41, 5.74) is 7.56. The first kappa shape index (κ1) is 16.1. The van der Waals surface area contributed by atoms with Crippen molar-refractivity contribution in [1.29, 1.82) is 0 Å². The van der Waals surface area contributed by atoms with Crippen molar-refractivity contribution < 1.29 is 8.42 Å². The molecule has 1 heterocycles. The highest BCUT2D eigenvalue weighted by atomic mass is 32.2. The Labute approximate surface area is 127 Å². The van der Waals surface area contributed by atoms with E-state index in [0.717, 1.165) is 31.6 Å². The third-order valence-corrected chi connectivity index (χ3v) is 6.03. The summed E-state index contributed by atoms with van der Waals surface area (Å²) in [4.78, 5) is 2.53.